The summed E-state index contributed by atoms with van der Waals surface area (Å²) in [6.07, 6.45) is 4.06. The Kier molecular flexibility index (Phi) is 1.63. The quantitative estimate of drug-likeness (QED) is 0.507. The number of halogens is 1. The van der Waals surface area contributed by atoms with E-state index in [4.69, 9.17) is 5.11 Å². The Bertz CT molecular complexity index is 348. The van der Waals surface area contributed by atoms with Gasteiger partial charge in [-0.1, -0.05) is 4.48 Å². The summed E-state index contributed by atoms with van der Waals surface area (Å²) >= 11 is 0. The molecule has 0 radical (unpaired) electrons. The van der Waals surface area contributed by atoms with Crippen molar-refractivity contribution in [2.24, 2.45) is 4.99 Å². The van der Waals surface area contributed by atoms with Crippen molar-refractivity contribution in [3.05, 3.63) is 24.2 Å². The summed E-state index contributed by atoms with van der Waals surface area (Å²) in [4.78, 5) is 14.9. The maximum Gasteiger partial charge on any atom is 0.360 e. The van der Waals surface area contributed by atoms with Gasteiger partial charge in [-0.25, -0.2) is 9.69 Å². The number of nitrogens with one attached hydrogen (secondary N) is 1. The van der Waals surface area contributed by atoms with Gasteiger partial charge in [0.05, 0.1) is 0 Å². The number of quaternary nitrogens is 1. The van der Waals surface area contributed by atoms with Crippen LogP contribution in [0, 0.1) is 0 Å². The highest BCUT2D eigenvalue weighted by Gasteiger charge is 2.29. The lowest BCUT2D eigenvalue weighted by atomic mass is 10.4. The molecule has 0 saturated carbocycles. The van der Waals surface area contributed by atoms with Crippen LogP contribution in [0.5, 0.6) is 0 Å². The molecule has 2 rings (SSSR count). The first-order valence-corrected chi connectivity index (χ1v) is 3.67. The van der Waals surface area contributed by atoms with Crippen LogP contribution in [-0.4, -0.2) is 28.7 Å². The van der Waals surface area contributed by atoms with Crippen molar-refractivity contribution in [3.63, 3.8) is 0 Å². The molecule has 0 aromatic heterocycles. The van der Waals surface area contributed by atoms with Crippen molar-refractivity contribution in [3.8, 4) is 0 Å². The largest absolute Gasteiger partial charge is 0.476 e. The van der Waals surface area contributed by atoms with Gasteiger partial charge in [-0.15, -0.1) is 0 Å². The Labute approximate surface area is 73.0 Å². The van der Waals surface area contributed by atoms with Crippen molar-refractivity contribution < 1.29 is 19.3 Å². The first-order valence-electron chi connectivity index (χ1n) is 3.67. The summed E-state index contributed by atoms with van der Waals surface area (Å²) in [6, 6.07) is 0. The SMILES string of the molecule is O=C(O)C1=C[NH+]2CN(F)C=CC2=N1. The Hall–Kier alpha value is -1.69. The van der Waals surface area contributed by atoms with Gasteiger partial charge in [0.25, 0.3) is 0 Å². The zero-order valence-corrected chi connectivity index (χ0v) is 6.57. The van der Waals surface area contributed by atoms with E-state index in [0.29, 0.717) is 15.9 Å². The predicted octanol–water partition coefficient (Wildman–Crippen LogP) is -1.12. The zero-order chi connectivity index (χ0) is 9.42. The average molecular weight is 184 g/mol. The van der Waals surface area contributed by atoms with Crippen LogP contribution in [0.15, 0.2) is 29.2 Å². The summed E-state index contributed by atoms with van der Waals surface area (Å²) in [5.41, 5.74) is -0.0371. The molecule has 68 valence electrons. The van der Waals surface area contributed by atoms with Gasteiger partial charge in [-0.3, -0.25) is 0 Å². The van der Waals surface area contributed by atoms with E-state index in [1.54, 1.807) is 0 Å². The smallest absolute Gasteiger partial charge is 0.360 e. The maximum absolute atomic E-state index is 12.6. The molecule has 0 amide bonds. The van der Waals surface area contributed by atoms with E-state index in [2.05, 4.69) is 4.99 Å². The third-order valence-corrected chi connectivity index (χ3v) is 1.82. The Balaban J connectivity index is 2.27. The molecule has 0 spiro atoms. The van der Waals surface area contributed by atoms with Crippen LogP contribution in [0.1, 0.15) is 0 Å². The van der Waals surface area contributed by atoms with Crippen molar-refractivity contribution in [1.82, 2.24) is 5.12 Å². The Morgan fingerprint density at radius 1 is 1.77 bits per heavy atom. The number of aliphatic imine (C=N–C) groups is 1. The molecule has 0 bridgehead atoms. The molecule has 13 heavy (non-hydrogen) atoms. The van der Waals surface area contributed by atoms with E-state index in [1.807, 2.05) is 0 Å². The summed E-state index contributed by atoms with van der Waals surface area (Å²) in [7, 11) is 0. The molecule has 1 atom stereocenters. The van der Waals surface area contributed by atoms with Gasteiger partial charge >= 0.3 is 5.97 Å². The normalized spacial score (nSPS) is 25.3. The van der Waals surface area contributed by atoms with E-state index in [0.717, 1.165) is 0 Å². The lowest BCUT2D eigenvalue weighted by molar-refractivity contribution is -0.763. The summed E-state index contributed by atoms with van der Waals surface area (Å²) in [6.45, 7) is 0.0616. The van der Waals surface area contributed by atoms with Crippen LogP contribution in [-0.2, 0) is 4.79 Å². The average Bonchev–Trinajstić information content (AvgIpc) is 2.46. The summed E-state index contributed by atoms with van der Waals surface area (Å²) in [5, 5.41) is 9.09. The van der Waals surface area contributed by atoms with E-state index in [-0.39, 0.29) is 12.4 Å². The Morgan fingerprint density at radius 2 is 2.54 bits per heavy atom. The van der Waals surface area contributed by atoms with Gasteiger partial charge in [0.2, 0.25) is 11.5 Å². The van der Waals surface area contributed by atoms with Gasteiger partial charge in [0, 0.05) is 12.3 Å². The first kappa shape index (κ1) is 7.93. The second kappa shape index (κ2) is 2.67. The van der Waals surface area contributed by atoms with E-state index < -0.39 is 5.97 Å². The first-order chi connectivity index (χ1) is 6.16. The van der Waals surface area contributed by atoms with E-state index >= 15 is 0 Å². The van der Waals surface area contributed by atoms with Crippen LogP contribution < -0.4 is 4.90 Å². The molecule has 2 aliphatic rings. The molecule has 2 N–H and O–H groups in total. The monoisotopic (exact) mass is 184 g/mol. The minimum absolute atomic E-state index is 0.0371. The standard InChI is InChI=1S/C7H6FN3O2/c8-11-2-1-6-9-5(7(12)13)3-10(6)4-11/h1-3H,4H2,(H,12,13)/p+1. The van der Waals surface area contributed by atoms with Crippen LogP contribution in [0.2, 0.25) is 0 Å². The van der Waals surface area contributed by atoms with Crippen LogP contribution in [0.25, 0.3) is 0 Å². The van der Waals surface area contributed by atoms with Crippen molar-refractivity contribution in [1.29, 1.82) is 0 Å². The molecule has 0 fully saturated rings. The predicted molar refractivity (Wildman–Crippen MR) is 41.1 cm³/mol. The van der Waals surface area contributed by atoms with Crippen molar-refractivity contribution in [2.75, 3.05) is 6.67 Å². The van der Waals surface area contributed by atoms with Crippen LogP contribution in [0.4, 0.5) is 4.48 Å². The molecule has 6 heteroatoms. The number of carboxylic acid groups (broad SMARTS) is 1. The highest BCUT2D eigenvalue weighted by atomic mass is 19.2. The zero-order valence-electron chi connectivity index (χ0n) is 6.57. The maximum atomic E-state index is 12.6. The second-order valence-corrected chi connectivity index (χ2v) is 2.73. The van der Waals surface area contributed by atoms with E-state index in [1.165, 1.54) is 18.5 Å². The highest BCUT2D eigenvalue weighted by Crippen LogP contribution is 2.03. The minimum atomic E-state index is -1.09. The highest BCUT2D eigenvalue weighted by molar-refractivity contribution is 5.96. The number of amidine groups is 1. The van der Waals surface area contributed by atoms with Gasteiger partial charge in [-0.05, 0) is 0 Å². The third-order valence-electron chi connectivity index (χ3n) is 1.82. The van der Waals surface area contributed by atoms with Crippen molar-refractivity contribution in [2.45, 2.75) is 0 Å². The number of hydrogen-bond acceptors (Lipinski definition) is 3. The molecule has 0 aliphatic carbocycles. The molecule has 0 aromatic rings. The van der Waals surface area contributed by atoms with Gasteiger partial charge < -0.3 is 5.11 Å². The number of hydrogen-bond donors (Lipinski definition) is 2. The molecule has 0 aromatic carbocycles. The number of nitrogens with zero attached hydrogens (tertiary/aromatic N) is 2. The molecular weight excluding hydrogens is 177 g/mol. The number of carboxylic acids is 1. The fourth-order valence-electron chi connectivity index (χ4n) is 1.22. The Morgan fingerprint density at radius 3 is 3.23 bits per heavy atom. The van der Waals surface area contributed by atoms with Crippen LogP contribution in [0.3, 0.4) is 0 Å². The lowest BCUT2D eigenvalue weighted by Gasteiger charge is -2.17. The topological polar surface area (TPSA) is 57.3 Å². The number of carbonyl (C=O) groups is 1. The number of rotatable bonds is 1. The number of aliphatic carboxylic acids is 1. The fraction of sp³-hybridized carbons (Fsp3) is 0.143. The molecule has 0 saturated heterocycles. The summed E-state index contributed by atoms with van der Waals surface area (Å²) in [5.74, 6) is -0.556. The van der Waals surface area contributed by atoms with Crippen LogP contribution >= 0.6 is 0 Å². The molecule has 2 aliphatic heterocycles. The van der Waals surface area contributed by atoms with Gasteiger partial charge in [0.15, 0.2) is 6.67 Å². The molecular formula is C7H7FN3O2+. The van der Waals surface area contributed by atoms with Gasteiger partial charge in [0.1, 0.15) is 6.20 Å². The van der Waals surface area contributed by atoms with Gasteiger partial charge in [-0.2, -0.15) is 10.1 Å². The second-order valence-electron chi connectivity index (χ2n) is 2.73. The third kappa shape index (κ3) is 1.31. The number of fused-ring (bicyclic) bond motifs is 1. The lowest BCUT2D eigenvalue weighted by Crippen LogP contribution is -3.11. The van der Waals surface area contributed by atoms with E-state index in [9.17, 15) is 9.28 Å². The summed E-state index contributed by atoms with van der Waals surface area (Å²) < 4.78 is 12.6. The van der Waals surface area contributed by atoms with Crippen molar-refractivity contribution >= 4 is 11.8 Å². The molecule has 1 unspecified atom stereocenters. The molecule has 2 heterocycles. The molecule has 5 nitrogen and oxygen atoms in total. The minimum Gasteiger partial charge on any atom is -0.476 e. The fourth-order valence-corrected chi connectivity index (χ4v) is 1.22.